The minimum absolute atomic E-state index is 0.0403. The van der Waals surface area contributed by atoms with E-state index in [1.54, 1.807) is 11.3 Å². The lowest BCUT2D eigenvalue weighted by atomic mass is 9.79. The topological polar surface area (TPSA) is 88.3 Å². The van der Waals surface area contributed by atoms with Gasteiger partial charge in [-0.1, -0.05) is 64.5 Å². The van der Waals surface area contributed by atoms with Crippen molar-refractivity contribution in [2.24, 2.45) is 17.1 Å². The number of aromatic nitrogens is 1. The Hall–Kier alpha value is -2.35. The summed E-state index contributed by atoms with van der Waals surface area (Å²) in [6.45, 7) is 14.2. The van der Waals surface area contributed by atoms with E-state index >= 15 is 0 Å². The Kier molecular flexibility index (Phi) is 14.6. The summed E-state index contributed by atoms with van der Waals surface area (Å²) in [7, 11) is 3.95. The molecule has 206 valence electrons. The minimum Gasteiger partial charge on any atom is -0.401 e. The largest absolute Gasteiger partial charge is 0.401 e. The van der Waals surface area contributed by atoms with Gasteiger partial charge in [-0.05, 0) is 69.8 Å². The van der Waals surface area contributed by atoms with Crippen LogP contribution in [0.25, 0.3) is 10.4 Å². The molecule has 0 bridgehead atoms. The monoisotopic (exact) mass is 528 g/mol. The molecule has 1 aliphatic carbocycles. The van der Waals surface area contributed by atoms with Crippen LogP contribution in [0.4, 0.5) is 0 Å². The van der Waals surface area contributed by atoms with Crippen molar-refractivity contribution < 1.29 is 9.59 Å². The maximum atomic E-state index is 10.8. The van der Waals surface area contributed by atoms with Gasteiger partial charge in [0.15, 0.2) is 0 Å². The zero-order chi connectivity index (χ0) is 28.0. The Bertz CT molecular complexity index is 970. The second-order valence-electron chi connectivity index (χ2n) is 10.4. The number of aldehydes is 2. The predicted octanol–water partition coefficient (Wildman–Crippen LogP) is 6.00. The number of nitrogens with two attached hydrogens (primary N) is 1. The standard InChI is InChI=1S/C12H14N2S.C10H17NO.C6H11NO.C2H6/c1-9-12(15-8-14-9)11-5-3-10(4-6-11)7-13-2;1-10(2,3)8(6-12)9(11)7-4-5-7;1-7-4-2-3-6(7)5-8;1-2/h3-6,8,13H,7H2,1-2H3;6,8H,4-5,11H2,1-3H3;5-6H,2-4H2,1H3;1-2H3. The molecule has 4 rings (SSSR count). The lowest BCUT2D eigenvalue weighted by Gasteiger charge is -2.26. The Morgan fingerprint density at radius 2 is 1.84 bits per heavy atom. The van der Waals surface area contributed by atoms with Crippen molar-refractivity contribution >= 4 is 23.9 Å². The Labute approximate surface area is 228 Å². The van der Waals surface area contributed by atoms with Crippen LogP contribution >= 0.6 is 11.3 Å². The number of aryl methyl sites for hydroxylation is 1. The molecule has 2 heterocycles. The van der Waals surface area contributed by atoms with Gasteiger partial charge in [0, 0.05) is 12.2 Å². The first-order valence-corrected chi connectivity index (χ1v) is 14.2. The molecular formula is C30H48N4O2S. The van der Waals surface area contributed by atoms with Gasteiger partial charge in [-0.25, -0.2) is 4.98 Å². The summed E-state index contributed by atoms with van der Waals surface area (Å²) in [6, 6.07) is 8.85. The van der Waals surface area contributed by atoms with Crippen molar-refractivity contribution in [3.05, 3.63) is 52.3 Å². The predicted molar refractivity (Wildman–Crippen MR) is 158 cm³/mol. The molecule has 2 aromatic rings. The molecule has 1 saturated carbocycles. The molecule has 1 aromatic carbocycles. The molecule has 7 heteroatoms. The highest BCUT2D eigenvalue weighted by molar-refractivity contribution is 7.13. The van der Waals surface area contributed by atoms with Gasteiger partial charge in [-0.2, -0.15) is 0 Å². The Morgan fingerprint density at radius 3 is 2.19 bits per heavy atom. The highest BCUT2D eigenvalue weighted by atomic mass is 32.1. The Balaban J connectivity index is 0.000000280. The van der Waals surface area contributed by atoms with Gasteiger partial charge < -0.3 is 20.6 Å². The highest BCUT2D eigenvalue weighted by Crippen LogP contribution is 2.37. The van der Waals surface area contributed by atoms with Crippen molar-refractivity contribution in [2.75, 3.05) is 20.6 Å². The minimum atomic E-state index is -0.102. The number of nitrogens with one attached hydrogen (secondary N) is 1. The molecule has 2 atom stereocenters. The molecule has 0 radical (unpaired) electrons. The van der Waals surface area contributed by atoms with E-state index in [-0.39, 0.29) is 17.4 Å². The van der Waals surface area contributed by atoms with Gasteiger partial charge >= 0.3 is 0 Å². The zero-order valence-electron chi connectivity index (χ0n) is 24.1. The van der Waals surface area contributed by atoms with Gasteiger partial charge in [0.05, 0.1) is 28.0 Å². The van der Waals surface area contributed by atoms with E-state index in [2.05, 4.69) is 39.5 Å². The van der Waals surface area contributed by atoms with Crippen LogP contribution in [0.3, 0.4) is 0 Å². The number of benzene rings is 1. The fraction of sp³-hybridized carbons (Fsp3) is 0.567. The number of carbonyl (C=O) groups excluding carboxylic acids is 2. The number of nitrogens with zero attached hydrogens (tertiary/aromatic N) is 2. The van der Waals surface area contributed by atoms with Crippen molar-refractivity contribution in [3.63, 3.8) is 0 Å². The van der Waals surface area contributed by atoms with Crippen LogP contribution in [0.5, 0.6) is 0 Å². The summed E-state index contributed by atoms with van der Waals surface area (Å²) in [4.78, 5) is 28.6. The third kappa shape index (κ3) is 10.9. The second kappa shape index (κ2) is 16.5. The van der Waals surface area contributed by atoms with E-state index < -0.39 is 0 Å². The first-order chi connectivity index (χ1) is 17.6. The zero-order valence-corrected chi connectivity index (χ0v) is 25.0. The maximum absolute atomic E-state index is 10.8. The van der Waals surface area contributed by atoms with Gasteiger partial charge in [0.1, 0.15) is 12.6 Å². The molecule has 2 fully saturated rings. The van der Waals surface area contributed by atoms with E-state index in [1.807, 2.05) is 61.1 Å². The number of hydrogen-bond acceptors (Lipinski definition) is 7. The molecule has 1 aromatic heterocycles. The maximum Gasteiger partial charge on any atom is 0.137 e. The number of likely N-dealkylation sites (N-methyl/N-ethyl adjacent to an activating group) is 1. The third-order valence-electron chi connectivity index (χ3n) is 6.39. The smallest absolute Gasteiger partial charge is 0.137 e. The molecule has 0 amide bonds. The summed E-state index contributed by atoms with van der Waals surface area (Å²) >= 11 is 1.70. The SMILES string of the molecule is CC.CC(C)(C)C(C=O)C(N)=C1CC1.CN1CCCC1C=O.CNCc1ccc(-c2scnc2C)cc1. The van der Waals surface area contributed by atoms with Gasteiger partial charge in [-0.15, -0.1) is 11.3 Å². The normalized spacial score (nSPS) is 17.2. The lowest BCUT2D eigenvalue weighted by molar-refractivity contribution is -0.112. The van der Waals surface area contributed by atoms with Crippen molar-refractivity contribution in [2.45, 2.75) is 79.8 Å². The van der Waals surface area contributed by atoms with Gasteiger partial charge in [0.2, 0.25) is 0 Å². The molecular weight excluding hydrogens is 480 g/mol. The van der Waals surface area contributed by atoms with Crippen molar-refractivity contribution in [1.29, 1.82) is 0 Å². The molecule has 3 N–H and O–H groups in total. The molecule has 37 heavy (non-hydrogen) atoms. The second-order valence-corrected chi connectivity index (χ2v) is 11.2. The molecule has 2 unspecified atom stereocenters. The number of likely N-dealkylation sites (tertiary alicyclic amines) is 1. The quantitative estimate of drug-likeness (QED) is 0.447. The van der Waals surface area contributed by atoms with Gasteiger partial charge in [0.25, 0.3) is 0 Å². The molecule has 2 aliphatic rings. The number of allylic oxidation sites excluding steroid dienone is 2. The number of carbonyl (C=O) groups is 2. The van der Waals surface area contributed by atoms with Crippen LogP contribution in [-0.4, -0.2) is 49.1 Å². The van der Waals surface area contributed by atoms with Crippen molar-refractivity contribution in [3.8, 4) is 10.4 Å². The third-order valence-corrected chi connectivity index (χ3v) is 7.37. The molecule has 0 spiro atoms. The van der Waals surface area contributed by atoms with Crippen LogP contribution in [0.1, 0.15) is 71.6 Å². The van der Waals surface area contributed by atoms with Crippen LogP contribution < -0.4 is 11.1 Å². The number of rotatable bonds is 6. The fourth-order valence-corrected chi connectivity index (χ4v) is 4.79. The van der Waals surface area contributed by atoms with E-state index in [4.69, 9.17) is 5.73 Å². The summed E-state index contributed by atoms with van der Waals surface area (Å²) in [5.74, 6) is -0.102. The van der Waals surface area contributed by atoms with Crippen molar-refractivity contribution in [1.82, 2.24) is 15.2 Å². The number of hydrogen-bond donors (Lipinski definition) is 2. The van der Waals surface area contributed by atoms with Crippen LogP contribution in [0.15, 0.2) is 41.0 Å². The first-order valence-electron chi connectivity index (χ1n) is 13.3. The van der Waals surface area contributed by atoms with E-state index in [0.717, 1.165) is 56.3 Å². The van der Waals surface area contributed by atoms with E-state index in [1.165, 1.54) is 28.0 Å². The highest BCUT2D eigenvalue weighted by Gasteiger charge is 2.30. The fourth-order valence-electron chi connectivity index (χ4n) is 3.98. The summed E-state index contributed by atoms with van der Waals surface area (Å²) < 4.78 is 0. The van der Waals surface area contributed by atoms with Crippen LogP contribution in [0.2, 0.25) is 0 Å². The van der Waals surface area contributed by atoms with E-state index in [9.17, 15) is 9.59 Å². The summed E-state index contributed by atoms with van der Waals surface area (Å²) in [6.07, 6.45) is 6.42. The average molecular weight is 529 g/mol. The Morgan fingerprint density at radius 1 is 1.22 bits per heavy atom. The van der Waals surface area contributed by atoms with Crippen LogP contribution in [-0.2, 0) is 16.1 Å². The average Bonchev–Trinajstić information content (AvgIpc) is 3.52. The first kappa shape index (κ1) is 32.7. The van der Waals surface area contributed by atoms with Gasteiger partial charge in [-0.3, -0.25) is 4.90 Å². The molecule has 1 saturated heterocycles. The molecule has 1 aliphatic heterocycles. The molecule has 6 nitrogen and oxygen atoms in total. The number of thiazole rings is 1. The summed E-state index contributed by atoms with van der Waals surface area (Å²) in [5.41, 5.74) is 13.5. The summed E-state index contributed by atoms with van der Waals surface area (Å²) in [5, 5.41) is 3.14. The lowest BCUT2D eigenvalue weighted by Crippen LogP contribution is -2.27. The van der Waals surface area contributed by atoms with Crippen LogP contribution in [0, 0.1) is 18.3 Å². The van der Waals surface area contributed by atoms with E-state index in [0.29, 0.717) is 0 Å².